The summed E-state index contributed by atoms with van der Waals surface area (Å²) in [6, 6.07) is 12.2. The maximum Gasteiger partial charge on any atom is 0.314 e. The van der Waals surface area contributed by atoms with Crippen LogP contribution < -0.4 is 11.1 Å². The number of nitrogens with zero attached hydrogens (tertiary/aromatic N) is 4. The molecular weight excluding hydrogens is 428 g/mol. The van der Waals surface area contributed by atoms with Gasteiger partial charge in [-0.25, -0.2) is 4.79 Å². The molecular formula is C26H30N6O2. The van der Waals surface area contributed by atoms with Crippen LogP contribution in [0.3, 0.4) is 0 Å². The number of piperazine rings is 1. The molecule has 8 heteroatoms. The number of aromatic nitrogens is 2. The molecule has 0 radical (unpaired) electrons. The predicted octanol–water partition coefficient (Wildman–Crippen LogP) is 2.74. The van der Waals surface area contributed by atoms with Gasteiger partial charge < -0.3 is 16.0 Å². The van der Waals surface area contributed by atoms with Crippen molar-refractivity contribution < 1.29 is 9.59 Å². The molecule has 2 aliphatic rings. The number of nitrogens with one attached hydrogen (secondary N) is 1. The first-order valence-corrected chi connectivity index (χ1v) is 11.9. The van der Waals surface area contributed by atoms with Gasteiger partial charge in [0.1, 0.15) is 0 Å². The highest BCUT2D eigenvalue weighted by Crippen LogP contribution is 2.29. The van der Waals surface area contributed by atoms with Crippen molar-refractivity contribution in [2.75, 3.05) is 32.7 Å². The Morgan fingerprint density at radius 3 is 2.62 bits per heavy atom. The summed E-state index contributed by atoms with van der Waals surface area (Å²) in [7, 11) is 0. The van der Waals surface area contributed by atoms with E-state index in [2.05, 4.69) is 45.5 Å². The number of fused-ring (bicyclic) bond motifs is 1. The smallest absolute Gasteiger partial charge is 0.314 e. The quantitative estimate of drug-likeness (QED) is 0.591. The normalized spacial score (nSPS) is 16.6. The van der Waals surface area contributed by atoms with Crippen LogP contribution in [0.1, 0.15) is 34.5 Å². The van der Waals surface area contributed by atoms with Crippen LogP contribution in [0.15, 0.2) is 42.6 Å². The van der Waals surface area contributed by atoms with E-state index in [0.717, 1.165) is 72.1 Å². The highest BCUT2D eigenvalue weighted by Gasteiger charge is 2.24. The van der Waals surface area contributed by atoms with Gasteiger partial charge in [-0.05, 0) is 54.7 Å². The number of rotatable bonds is 6. The van der Waals surface area contributed by atoms with Crippen molar-refractivity contribution >= 4 is 22.7 Å². The molecule has 2 aromatic carbocycles. The number of carbonyl (C=O) groups is 2. The lowest BCUT2D eigenvalue weighted by molar-refractivity contribution is 0.0951. The monoisotopic (exact) mass is 458 g/mol. The SMILES string of the molecule is Cc1ccc(C(=O)NC2CC2)cc1-c1ccc2c(CCN3CCN(C(N)=O)CC3)nncc2c1. The van der Waals surface area contributed by atoms with Crippen molar-refractivity contribution in [2.24, 2.45) is 5.73 Å². The van der Waals surface area contributed by atoms with Gasteiger partial charge in [0.25, 0.3) is 5.91 Å². The lowest BCUT2D eigenvalue weighted by Gasteiger charge is -2.33. The van der Waals surface area contributed by atoms with Crippen LogP contribution in [0.25, 0.3) is 21.9 Å². The lowest BCUT2D eigenvalue weighted by Crippen LogP contribution is -2.50. The summed E-state index contributed by atoms with van der Waals surface area (Å²) in [6.45, 7) is 5.88. The van der Waals surface area contributed by atoms with Gasteiger partial charge in [0, 0.05) is 61.5 Å². The zero-order valence-corrected chi connectivity index (χ0v) is 19.5. The molecule has 3 amide bonds. The summed E-state index contributed by atoms with van der Waals surface area (Å²) in [5, 5.41) is 13.9. The zero-order chi connectivity index (χ0) is 23.7. The number of carbonyl (C=O) groups excluding carboxylic acids is 2. The van der Waals surface area contributed by atoms with Crippen LogP contribution >= 0.6 is 0 Å². The van der Waals surface area contributed by atoms with E-state index >= 15 is 0 Å². The number of aryl methyl sites for hydroxylation is 1. The van der Waals surface area contributed by atoms with E-state index in [9.17, 15) is 9.59 Å². The summed E-state index contributed by atoms with van der Waals surface area (Å²) in [4.78, 5) is 27.9. The fourth-order valence-electron chi connectivity index (χ4n) is 4.53. The van der Waals surface area contributed by atoms with Gasteiger partial charge in [-0.1, -0.05) is 18.2 Å². The van der Waals surface area contributed by atoms with Crippen LogP contribution in [0.2, 0.25) is 0 Å². The molecule has 1 aliphatic carbocycles. The number of benzene rings is 2. The minimum atomic E-state index is -0.348. The van der Waals surface area contributed by atoms with Crippen LogP contribution in [0.4, 0.5) is 4.79 Å². The largest absolute Gasteiger partial charge is 0.351 e. The molecule has 3 aromatic rings. The average Bonchev–Trinajstić information content (AvgIpc) is 3.67. The van der Waals surface area contributed by atoms with Gasteiger partial charge in [0.2, 0.25) is 0 Å². The van der Waals surface area contributed by atoms with Crippen LogP contribution in [0.5, 0.6) is 0 Å². The van der Waals surface area contributed by atoms with Crippen molar-refractivity contribution in [1.29, 1.82) is 0 Å². The Morgan fingerprint density at radius 2 is 1.88 bits per heavy atom. The van der Waals surface area contributed by atoms with E-state index in [1.807, 2.05) is 18.2 Å². The molecule has 5 rings (SSSR count). The Kier molecular flexibility index (Phi) is 6.15. The highest BCUT2D eigenvalue weighted by molar-refractivity contribution is 5.97. The van der Waals surface area contributed by atoms with E-state index in [4.69, 9.17) is 5.73 Å². The van der Waals surface area contributed by atoms with Crippen LogP contribution in [-0.4, -0.2) is 70.7 Å². The Labute approximate surface area is 199 Å². The van der Waals surface area contributed by atoms with Gasteiger partial charge in [0.15, 0.2) is 0 Å². The third-order valence-electron chi connectivity index (χ3n) is 6.81. The second-order valence-corrected chi connectivity index (χ2v) is 9.29. The van der Waals surface area contributed by atoms with E-state index < -0.39 is 0 Å². The Bertz CT molecular complexity index is 1230. The predicted molar refractivity (Wildman–Crippen MR) is 131 cm³/mol. The Morgan fingerprint density at radius 1 is 1.09 bits per heavy atom. The molecule has 0 unspecified atom stereocenters. The summed E-state index contributed by atoms with van der Waals surface area (Å²) in [6.07, 6.45) is 4.73. The number of hydrogen-bond donors (Lipinski definition) is 2. The van der Waals surface area contributed by atoms with Crippen molar-refractivity contribution in [1.82, 2.24) is 25.3 Å². The minimum Gasteiger partial charge on any atom is -0.351 e. The van der Waals surface area contributed by atoms with Crippen molar-refractivity contribution in [3.63, 3.8) is 0 Å². The molecule has 176 valence electrons. The lowest BCUT2D eigenvalue weighted by atomic mass is 9.95. The van der Waals surface area contributed by atoms with E-state index in [1.54, 1.807) is 11.1 Å². The third kappa shape index (κ3) is 4.87. The van der Waals surface area contributed by atoms with E-state index in [-0.39, 0.29) is 11.9 Å². The third-order valence-corrected chi connectivity index (χ3v) is 6.81. The van der Waals surface area contributed by atoms with Gasteiger partial charge >= 0.3 is 6.03 Å². The summed E-state index contributed by atoms with van der Waals surface area (Å²) in [5.74, 6) is -0.00523. The number of urea groups is 1. The highest BCUT2D eigenvalue weighted by atomic mass is 16.2. The van der Waals surface area contributed by atoms with Gasteiger partial charge in [-0.2, -0.15) is 10.2 Å². The van der Waals surface area contributed by atoms with E-state index in [0.29, 0.717) is 24.7 Å². The number of amides is 3. The van der Waals surface area contributed by atoms with Crippen molar-refractivity contribution in [2.45, 2.75) is 32.2 Å². The van der Waals surface area contributed by atoms with Crippen LogP contribution in [0, 0.1) is 6.92 Å². The number of nitrogens with two attached hydrogens (primary N) is 1. The van der Waals surface area contributed by atoms with Crippen molar-refractivity contribution in [3.8, 4) is 11.1 Å². The molecule has 1 saturated heterocycles. The van der Waals surface area contributed by atoms with Crippen molar-refractivity contribution in [3.05, 3.63) is 59.4 Å². The summed E-state index contributed by atoms with van der Waals surface area (Å²) in [5.41, 5.74) is 10.3. The van der Waals surface area contributed by atoms with Gasteiger partial charge in [0.05, 0.1) is 11.9 Å². The first kappa shape index (κ1) is 22.3. The summed E-state index contributed by atoms with van der Waals surface area (Å²) < 4.78 is 0. The molecule has 1 aromatic heterocycles. The molecule has 2 fully saturated rings. The maximum absolute atomic E-state index is 12.5. The molecule has 0 atom stereocenters. The first-order chi connectivity index (χ1) is 16.5. The fraction of sp³-hybridized carbons (Fsp3) is 0.385. The Hall–Kier alpha value is -3.52. The minimum absolute atomic E-state index is 0.00523. The summed E-state index contributed by atoms with van der Waals surface area (Å²) >= 11 is 0. The number of primary amides is 1. The standard InChI is InChI=1S/C26H30N6O2/c1-17-2-3-19(25(33)29-21-5-6-21)15-23(17)18-4-7-22-20(14-18)16-28-30-24(22)8-9-31-10-12-32(13-11-31)26(27)34/h2-4,7,14-16,21H,5-6,8-13H2,1H3,(H2,27,34)(H,29,33). The fourth-order valence-corrected chi connectivity index (χ4v) is 4.53. The molecule has 3 N–H and O–H groups in total. The molecule has 34 heavy (non-hydrogen) atoms. The zero-order valence-electron chi connectivity index (χ0n) is 19.5. The molecule has 1 aliphatic heterocycles. The van der Waals surface area contributed by atoms with Gasteiger partial charge in [-0.3, -0.25) is 9.69 Å². The molecule has 0 spiro atoms. The topological polar surface area (TPSA) is 104 Å². The molecule has 8 nitrogen and oxygen atoms in total. The van der Waals surface area contributed by atoms with E-state index in [1.165, 1.54) is 0 Å². The number of hydrogen-bond acceptors (Lipinski definition) is 5. The molecule has 0 bridgehead atoms. The molecule has 1 saturated carbocycles. The van der Waals surface area contributed by atoms with Gasteiger partial charge in [-0.15, -0.1) is 0 Å². The second kappa shape index (κ2) is 9.38. The second-order valence-electron chi connectivity index (χ2n) is 9.29. The Balaban J connectivity index is 1.33. The first-order valence-electron chi connectivity index (χ1n) is 11.9. The maximum atomic E-state index is 12.5. The van der Waals surface area contributed by atoms with Crippen LogP contribution in [-0.2, 0) is 6.42 Å². The molecule has 2 heterocycles. The average molecular weight is 459 g/mol.